The number of aliphatic hydroxyl groups excluding tert-OH is 1. The Morgan fingerprint density at radius 3 is 2.65 bits per heavy atom. The average molecular weight is 279 g/mol. The molecule has 0 saturated carbocycles. The first kappa shape index (κ1) is 16.9. The molecular weight excluding hydrogens is 250 g/mol. The van der Waals surface area contributed by atoms with Gasteiger partial charge in [0.05, 0.1) is 6.61 Å². The summed E-state index contributed by atoms with van der Waals surface area (Å²) in [5.74, 6) is 1.65. The molecule has 1 rings (SSSR count). The quantitative estimate of drug-likeness (QED) is 0.728. The first-order valence-electron chi connectivity index (χ1n) is 7.60. The molecule has 0 aliphatic rings. The van der Waals surface area contributed by atoms with Crippen LogP contribution in [0.3, 0.4) is 0 Å². The Hall–Kier alpha value is -1.13. The lowest BCUT2D eigenvalue weighted by atomic mass is 10.1. The van der Waals surface area contributed by atoms with Crippen molar-refractivity contribution in [3.63, 3.8) is 0 Å². The number of hydrogen-bond acceptors (Lipinski definition) is 4. The van der Waals surface area contributed by atoms with Crippen molar-refractivity contribution in [3.05, 3.63) is 23.4 Å². The number of aryl methyl sites for hydroxylation is 1. The Morgan fingerprint density at radius 2 is 2.10 bits per heavy atom. The minimum Gasteiger partial charge on any atom is -0.395 e. The summed E-state index contributed by atoms with van der Waals surface area (Å²) >= 11 is 0. The number of anilines is 1. The van der Waals surface area contributed by atoms with Gasteiger partial charge in [0.25, 0.3) is 0 Å². The fraction of sp³-hybridized carbons (Fsp3) is 0.688. The molecule has 0 amide bonds. The van der Waals surface area contributed by atoms with E-state index in [9.17, 15) is 0 Å². The summed E-state index contributed by atoms with van der Waals surface area (Å²) in [6.45, 7) is 12.3. The van der Waals surface area contributed by atoms with Gasteiger partial charge in [0.2, 0.25) is 0 Å². The third kappa shape index (κ3) is 5.47. The summed E-state index contributed by atoms with van der Waals surface area (Å²) < 4.78 is 0. The van der Waals surface area contributed by atoms with Gasteiger partial charge in [0.1, 0.15) is 5.82 Å². The molecule has 0 fully saturated rings. The highest BCUT2D eigenvalue weighted by Crippen LogP contribution is 2.18. The predicted molar refractivity (Wildman–Crippen MR) is 85.1 cm³/mol. The van der Waals surface area contributed by atoms with Gasteiger partial charge in [-0.2, -0.15) is 0 Å². The van der Waals surface area contributed by atoms with Crippen molar-refractivity contribution in [3.8, 4) is 0 Å². The number of nitrogens with one attached hydrogen (secondary N) is 1. The van der Waals surface area contributed by atoms with Gasteiger partial charge in [0, 0.05) is 25.8 Å². The highest BCUT2D eigenvalue weighted by atomic mass is 16.3. The van der Waals surface area contributed by atoms with Crippen LogP contribution < -0.4 is 10.2 Å². The molecule has 0 atom stereocenters. The van der Waals surface area contributed by atoms with E-state index in [0.29, 0.717) is 12.5 Å². The van der Waals surface area contributed by atoms with Crippen LogP contribution in [0.5, 0.6) is 0 Å². The van der Waals surface area contributed by atoms with Crippen LogP contribution in [0, 0.1) is 12.8 Å². The fourth-order valence-electron chi connectivity index (χ4n) is 2.27. The summed E-state index contributed by atoms with van der Waals surface area (Å²) in [7, 11) is 0. The maximum atomic E-state index is 9.16. The van der Waals surface area contributed by atoms with E-state index >= 15 is 0 Å². The lowest BCUT2D eigenvalue weighted by Crippen LogP contribution is -2.29. The van der Waals surface area contributed by atoms with Crippen LogP contribution >= 0.6 is 0 Å². The van der Waals surface area contributed by atoms with Gasteiger partial charge in [-0.3, -0.25) is 0 Å². The first-order valence-corrected chi connectivity index (χ1v) is 7.60. The Morgan fingerprint density at radius 1 is 1.35 bits per heavy atom. The van der Waals surface area contributed by atoms with Crippen molar-refractivity contribution in [1.82, 2.24) is 10.3 Å². The topological polar surface area (TPSA) is 48.4 Å². The van der Waals surface area contributed by atoms with Crippen LogP contribution in [0.25, 0.3) is 0 Å². The summed E-state index contributed by atoms with van der Waals surface area (Å²) in [6, 6.07) is 2.19. The van der Waals surface area contributed by atoms with E-state index in [1.807, 2.05) is 6.20 Å². The average Bonchev–Trinajstić information content (AvgIpc) is 2.38. The molecule has 0 unspecified atom stereocenters. The lowest BCUT2D eigenvalue weighted by molar-refractivity contribution is 0.301. The molecule has 0 aliphatic heterocycles. The van der Waals surface area contributed by atoms with Crippen molar-refractivity contribution in [1.29, 1.82) is 0 Å². The number of hydrogen-bond donors (Lipinski definition) is 2. The summed E-state index contributed by atoms with van der Waals surface area (Å²) in [5, 5.41) is 12.6. The Kier molecular flexibility index (Phi) is 7.55. The molecule has 4 nitrogen and oxygen atoms in total. The molecule has 2 N–H and O–H groups in total. The smallest absolute Gasteiger partial charge is 0.131 e. The molecule has 1 aromatic rings. The zero-order valence-corrected chi connectivity index (χ0v) is 13.3. The Labute approximate surface area is 123 Å². The first-order chi connectivity index (χ1) is 9.58. The van der Waals surface area contributed by atoms with E-state index < -0.39 is 0 Å². The second-order valence-corrected chi connectivity index (χ2v) is 5.72. The van der Waals surface area contributed by atoms with Crippen LogP contribution in [0.2, 0.25) is 0 Å². The van der Waals surface area contributed by atoms with E-state index in [0.717, 1.165) is 31.9 Å². The van der Waals surface area contributed by atoms with Crippen molar-refractivity contribution in [2.45, 2.75) is 40.7 Å². The van der Waals surface area contributed by atoms with E-state index in [2.05, 4.69) is 49.0 Å². The van der Waals surface area contributed by atoms with E-state index in [-0.39, 0.29) is 6.61 Å². The molecule has 1 heterocycles. The highest BCUT2D eigenvalue weighted by Gasteiger charge is 2.10. The van der Waals surface area contributed by atoms with Gasteiger partial charge in [-0.15, -0.1) is 0 Å². The summed E-state index contributed by atoms with van der Waals surface area (Å²) in [4.78, 5) is 6.74. The van der Waals surface area contributed by atoms with E-state index in [4.69, 9.17) is 5.11 Å². The molecule has 0 bridgehead atoms. The van der Waals surface area contributed by atoms with Crippen molar-refractivity contribution >= 4 is 5.82 Å². The van der Waals surface area contributed by atoms with Crippen LogP contribution in [-0.4, -0.2) is 36.3 Å². The standard InChI is InChI=1S/C16H29N3O/c1-5-6-19(7-8-20)16-14(4)9-15(12-18-16)11-17-10-13(2)3/h9,12-13,17,20H,5-8,10-11H2,1-4H3. The Bertz CT molecular complexity index is 387. The molecule has 0 aliphatic carbocycles. The molecule has 0 radical (unpaired) electrons. The monoisotopic (exact) mass is 279 g/mol. The highest BCUT2D eigenvalue weighted by molar-refractivity contribution is 5.47. The molecule has 0 aromatic carbocycles. The SMILES string of the molecule is CCCN(CCO)c1ncc(CNCC(C)C)cc1C. The maximum Gasteiger partial charge on any atom is 0.131 e. The molecule has 1 aromatic heterocycles. The number of rotatable bonds is 9. The van der Waals surface area contributed by atoms with Gasteiger partial charge >= 0.3 is 0 Å². The second-order valence-electron chi connectivity index (χ2n) is 5.72. The van der Waals surface area contributed by atoms with E-state index in [1.165, 1.54) is 11.1 Å². The van der Waals surface area contributed by atoms with Gasteiger partial charge < -0.3 is 15.3 Å². The predicted octanol–water partition coefficient (Wildman–Crippen LogP) is 2.34. The normalized spacial score (nSPS) is 11.1. The maximum absolute atomic E-state index is 9.16. The van der Waals surface area contributed by atoms with E-state index in [1.54, 1.807) is 0 Å². The van der Waals surface area contributed by atoms with Crippen LogP contribution in [0.15, 0.2) is 12.3 Å². The number of pyridine rings is 1. The third-order valence-corrected chi connectivity index (χ3v) is 3.15. The summed E-state index contributed by atoms with van der Waals surface area (Å²) in [6.07, 6.45) is 2.99. The van der Waals surface area contributed by atoms with Crippen LogP contribution in [0.4, 0.5) is 5.82 Å². The second kappa shape index (κ2) is 8.93. The zero-order valence-electron chi connectivity index (χ0n) is 13.3. The molecular formula is C16H29N3O. The van der Waals surface area contributed by atoms with Crippen molar-refractivity contribution in [2.24, 2.45) is 5.92 Å². The summed E-state index contributed by atoms with van der Waals surface area (Å²) in [5.41, 5.74) is 2.39. The number of aliphatic hydroxyl groups is 1. The van der Waals surface area contributed by atoms with Crippen molar-refractivity contribution in [2.75, 3.05) is 31.1 Å². The minimum absolute atomic E-state index is 0.165. The molecule has 114 valence electrons. The van der Waals surface area contributed by atoms with Gasteiger partial charge in [-0.25, -0.2) is 4.98 Å². The molecule has 4 heteroatoms. The van der Waals surface area contributed by atoms with Crippen LogP contribution in [-0.2, 0) is 6.54 Å². The molecule has 20 heavy (non-hydrogen) atoms. The van der Waals surface area contributed by atoms with Gasteiger partial charge in [-0.1, -0.05) is 20.8 Å². The largest absolute Gasteiger partial charge is 0.395 e. The fourth-order valence-corrected chi connectivity index (χ4v) is 2.27. The van der Waals surface area contributed by atoms with Gasteiger partial charge in [-0.05, 0) is 43.0 Å². The van der Waals surface area contributed by atoms with Crippen molar-refractivity contribution < 1.29 is 5.11 Å². The minimum atomic E-state index is 0.165. The molecule has 0 saturated heterocycles. The lowest BCUT2D eigenvalue weighted by Gasteiger charge is -2.24. The van der Waals surface area contributed by atoms with Gasteiger partial charge in [0.15, 0.2) is 0 Å². The third-order valence-electron chi connectivity index (χ3n) is 3.15. The Balaban J connectivity index is 2.70. The molecule has 0 spiro atoms. The number of nitrogens with zero attached hydrogens (tertiary/aromatic N) is 2. The van der Waals surface area contributed by atoms with Crippen LogP contribution in [0.1, 0.15) is 38.3 Å². The zero-order chi connectivity index (χ0) is 15.0. The number of aromatic nitrogens is 1.